The van der Waals surface area contributed by atoms with Crippen LogP contribution < -0.4 is 15.5 Å². The molecule has 1 aromatic heterocycles. The second kappa shape index (κ2) is 16.5. The zero-order valence-electron chi connectivity index (χ0n) is 35.8. The molecule has 0 aliphatic carbocycles. The van der Waals surface area contributed by atoms with Crippen LogP contribution in [-0.4, -0.2) is 72.1 Å². The number of ether oxygens (including phenoxy) is 3. The minimum absolute atomic E-state index is 0.00168. The number of nitrogens with one attached hydrogen (secondary N) is 2. The molecule has 4 aromatic rings. The summed E-state index contributed by atoms with van der Waals surface area (Å²) in [6.45, 7) is 18.7. The van der Waals surface area contributed by atoms with Crippen LogP contribution in [-0.2, 0) is 35.4 Å². The Morgan fingerprint density at radius 2 is 1.54 bits per heavy atom. The van der Waals surface area contributed by atoms with Crippen LogP contribution in [0.3, 0.4) is 0 Å². The molecule has 6 rings (SSSR count). The number of benzene rings is 3. The van der Waals surface area contributed by atoms with Crippen molar-refractivity contribution in [2.24, 2.45) is 0 Å². The number of aryl methyl sites for hydroxylation is 1. The number of sulfone groups is 1. The van der Waals surface area contributed by atoms with Gasteiger partial charge in [0, 0.05) is 42.5 Å². The molecule has 14 nitrogen and oxygen atoms in total. The number of rotatable bonds is 4. The Balaban J connectivity index is 1.60. The van der Waals surface area contributed by atoms with Crippen LogP contribution in [0, 0.1) is 6.92 Å². The molecule has 0 radical (unpaired) electrons. The second-order valence-electron chi connectivity index (χ2n) is 17.8. The topological polar surface area (TPSA) is 174 Å². The van der Waals surface area contributed by atoms with E-state index in [0.717, 1.165) is 16.0 Å². The van der Waals surface area contributed by atoms with Crippen molar-refractivity contribution in [1.29, 1.82) is 0 Å². The quantitative estimate of drug-likeness (QED) is 0.188. The molecule has 1 unspecified atom stereocenters. The summed E-state index contributed by atoms with van der Waals surface area (Å²) in [5, 5.41) is 7.13. The normalized spacial score (nSPS) is 16.9. The van der Waals surface area contributed by atoms with Gasteiger partial charge in [-0.05, 0) is 139 Å². The first kappa shape index (κ1) is 44.4. The number of carbonyl (C=O) groups is 4. The fourth-order valence-corrected chi connectivity index (χ4v) is 7.92. The fraction of sp³-hybridized carbons (Fsp3) is 0.432. The summed E-state index contributed by atoms with van der Waals surface area (Å²) in [4.78, 5) is 61.2. The van der Waals surface area contributed by atoms with Gasteiger partial charge in [-0.1, -0.05) is 25.1 Å². The van der Waals surface area contributed by atoms with Crippen molar-refractivity contribution < 1.29 is 41.8 Å². The first-order valence-electron chi connectivity index (χ1n) is 19.3. The van der Waals surface area contributed by atoms with Gasteiger partial charge in [-0.3, -0.25) is 10.1 Å². The summed E-state index contributed by atoms with van der Waals surface area (Å²) in [6, 6.07) is 16.1. The summed E-state index contributed by atoms with van der Waals surface area (Å²) in [7, 11) is -2.29. The van der Waals surface area contributed by atoms with Crippen molar-refractivity contribution in [3.05, 3.63) is 89.1 Å². The molecule has 2 N–H and O–H groups in total. The molecule has 0 fully saturated rings. The number of aromatic nitrogens is 1. The van der Waals surface area contributed by atoms with Gasteiger partial charge >= 0.3 is 18.3 Å². The molecule has 0 saturated carbocycles. The van der Waals surface area contributed by atoms with Gasteiger partial charge in [0.2, 0.25) is 5.91 Å². The Morgan fingerprint density at radius 1 is 0.898 bits per heavy atom. The average molecular weight is 830 g/mol. The van der Waals surface area contributed by atoms with E-state index in [1.807, 2.05) is 32.0 Å². The summed E-state index contributed by atoms with van der Waals surface area (Å²) in [5.74, 6) is -0.556. The Labute approximate surface area is 346 Å². The maximum absolute atomic E-state index is 14.7. The lowest BCUT2D eigenvalue weighted by Crippen LogP contribution is -2.44. The Bertz CT molecular complexity index is 2370. The summed E-state index contributed by atoms with van der Waals surface area (Å²) in [5.41, 5.74) is 1.74. The molecule has 3 heterocycles. The largest absolute Gasteiger partial charge is 0.449 e. The minimum Gasteiger partial charge on any atom is -0.449 e. The highest BCUT2D eigenvalue weighted by atomic mass is 32.2. The predicted octanol–water partition coefficient (Wildman–Crippen LogP) is 9.27. The minimum atomic E-state index is -3.88. The van der Waals surface area contributed by atoms with E-state index in [1.54, 1.807) is 99.7 Å². The monoisotopic (exact) mass is 829 g/mol. The predicted molar refractivity (Wildman–Crippen MR) is 227 cm³/mol. The van der Waals surface area contributed by atoms with Crippen molar-refractivity contribution >= 4 is 62.0 Å². The molecule has 0 saturated heterocycles. The number of fused-ring (bicyclic) bond motifs is 10. The number of likely N-dealkylation sites (N-methyl/N-ethyl adjacent to an activating group) is 1. The number of hydrogen-bond acceptors (Lipinski definition) is 11. The molecule has 15 heteroatoms. The van der Waals surface area contributed by atoms with Gasteiger partial charge < -0.3 is 24.4 Å². The number of carbonyl (C=O) groups excluding carboxylic acids is 4. The highest BCUT2D eigenvalue weighted by Crippen LogP contribution is 2.34. The first-order chi connectivity index (χ1) is 27.3. The van der Waals surface area contributed by atoms with E-state index < -0.39 is 50.1 Å². The molecule has 2 aliphatic heterocycles. The molecular weight excluding hydrogens is 775 g/mol. The van der Waals surface area contributed by atoms with E-state index in [1.165, 1.54) is 23.2 Å². The average Bonchev–Trinajstić information content (AvgIpc) is 3.10. The third-order valence-electron chi connectivity index (χ3n) is 9.47. The van der Waals surface area contributed by atoms with E-state index in [-0.39, 0.29) is 35.7 Å². The standard InChI is InChI=1S/C44H55N5O9S/c1-26-21-29-13-16-33(26)27(2)25-56-39(51)47-32-15-18-35(59(54,55)44(9,10)11)30(23-32)24-48(12)38(50)36(29)46-31-14-17-34-28(22-31)19-20-45-37(34)49(40(52)57-42(3,4)5)41(53)58-43(6,7)8/h13-23,27,36,46H,24-25H2,1-12H3,(H,47,51)/t27-,36?/m0/s1. The van der Waals surface area contributed by atoms with Crippen molar-refractivity contribution in [2.45, 2.75) is 116 Å². The summed E-state index contributed by atoms with van der Waals surface area (Å²) in [6.07, 6.45) is -1.15. The number of amides is 4. The number of pyridine rings is 1. The maximum Gasteiger partial charge on any atom is 0.425 e. The van der Waals surface area contributed by atoms with Crippen LogP contribution >= 0.6 is 0 Å². The van der Waals surface area contributed by atoms with Crippen LogP contribution in [0.15, 0.2) is 71.8 Å². The van der Waals surface area contributed by atoms with Crippen molar-refractivity contribution in [3.8, 4) is 0 Å². The highest BCUT2D eigenvalue weighted by Gasteiger charge is 2.36. The van der Waals surface area contributed by atoms with Gasteiger partial charge in [-0.2, -0.15) is 4.90 Å². The Morgan fingerprint density at radius 3 is 2.14 bits per heavy atom. The molecule has 59 heavy (non-hydrogen) atoms. The molecule has 4 amide bonds. The second-order valence-corrected chi connectivity index (χ2v) is 20.5. The molecular formula is C44H55N5O9S. The smallest absolute Gasteiger partial charge is 0.425 e. The van der Waals surface area contributed by atoms with E-state index in [0.29, 0.717) is 33.3 Å². The SMILES string of the molecule is Cc1cc2ccc1[C@@H](C)COC(=O)Nc1ccc(S(=O)(=O)C(C)(C)C)c(c1)CN(C)C(=O)C2Nc1ccc2c(N(C(=O)OC(C)(C)C)C(=O)OC(C)(C)C)nccc2c1. The number of nitrogens with zero attached hydrogens (tertiary/aromatic N) is 3. The maximum atomic E-state index is 14.7. The molecule has 316 valence electrons. The molecule has 4 bridgehead atoms. The Kier molecular flexibility index (Phi) is 12.4. The van der Waals surface area contributed by atoms with Gasteiger partial charge in [0.05, 0.1) is 16.2 Å². The Hall–Kier alpha value is -5.70. The van der Waals surface area contributed by atoms with E-state index >= 15 is 0 Å². The van der Waals surface area contributed by atoms with Crippen molar-refractivity contribution in [1.82, 2.24) is 9.88 Å². The van der Waals surface area contributed by atoms with E-state index in [4.69, 9.17) is 14.2 Å². The van der Waals surface area contributed by atoms with Gasteiger partial charge in [-0.15, -0.1) is 0 Å². The zero-order valence-corrected chi connectivity index (χ0v) is 36.7. The van der Waals surface area contributed by atoms with E-state index in [9.17, 15) is 27.6 Å². The van der Waals surface area contributed by atoms with Crippen LogP contribution in [0.5, 0.6) is 0 Å². The van der Waals surface area contributed by atoms with Crippen LogP contribution in [0.1, 0.15) is 103 Å². The third kappa shape index (κ3) is 10.3. The number of imide groups is 1. The van der Waals surface area contributed by atoms with Gasteiger partial charge in [0.25, 0.3) is 0 Å². The number of hydrogen-bond donors (Lipinski definition) is 2. The lowest BCUT2D eigenvalue weighted by atomic mass is 9.93. The summed E-state index contributed by atoms with van der Waals surface area (Å²) >= 11 is 0. The molecule has 2 aliphatic rings. The van der Waals surface area contributed by atoms with Crippen LogP contribution in [0.4, 0.5) is 31.6 Å². The highest BCUT2D eigenvalue weighted by molar-refractivity contribution is 7.92. The molecule has 2 atom stereocenters. The molecule has 0 spiro atoms. The number of anilines is 3. The van der Waals surface area contributed by atoms with Crippen molar-refractivity contribution in [2.75, 3.05) is 29.2 Å². The van der Waals surface area contributed by atoms with Gasteiger partial charge in [0.1, 0.15) is 17.2 Å². The molecule has 3 aromatic carbocycles. The van der Waals surface area contributed by atoms with Gasteiger partial charge in [0.15, 0.2) is 15.7 Å². The lowest BCUT2D eigenvalue weighted by molar-refractivity contribution is -0.131. The summed E-state index contributed by atoms with van der Waals surface area (Å²) < 4.78 is 43.2. The van der Waals surface area contributed by atoms with Crippen LogP contribution in [0.25, 0.3) is 10.8 Å². The third-order valence-corrected chi connectivity index (χ3v) is 12.1. The van der Waals surface area contributed by atoms with Crippen molar-refractivity contribution in [3.63, 3.8) is 0 Å². The van der Waals surface area contributed by atoms with Crippen LogP contribution in [0.2, 0.25) is 0 Å². The van der Waals surface area contributed by atoms with Gasteiger partial charge in [-0.25, -0.2) is 27.8 Å². The zero-order chi connectivity index (χ0) is 43.8. The fourth-order valence-electron chi connectivity index (χ4n) is 6.55. The first-order valence-corrected chi connectivity index (χ1v) is 20.8. The lowest BCUT2D eigenvalue weighted by Gasteiger charge is -2.29. The van der Waals surface area contributed by atoms with E-state index in [2.05, 4.69) is 15.6 Å².